The zero-order chi connectivity index (χ0) is 21.2. The van der Waals surface area contributed by atoms with Crippen molar-refractivity contribution in [3.05, 3.63) is 41.5 Å². The second-order valence-electron chi connectivity index (χ2n) is 8.54. The van der Waals surface area contributed by atoms with Crippen molar-refractivity contribution in [1.29, 1.82) is 0 Å². The van der Waals surface area contributed by atoms with E-state index in [1.807, 2.05) is 20.2 Å². The molecule has 30 heavy (non-hydrogen) atoms. The second kappa shape index (κ2) is 6.77. The van der Waals surface area contributed by atoms with Crippen molar-refractivity contribution in [1.82, 2.24) is 15.5 Å². The number of nitrogens with zero attached hydrogens (tertiary/aromatic N) is 2. The van der Waals surface area contributed by atoms with E-state index in [0.717, 1.165) is 17.0 Å². The molecule has 4 unspecified atom stereocenters. The average molecular weight is 408 g/mol. The number of rotatable bonds is 4. The van der Waals surface area contributed by atoms with Crippen LogP contribution in [0.15, 0.2) is 30.4 Å². The normalized spacial score (nSPS) is 32.1. The lowest BCUT2D eigenvalue weighted by atomic mass is 9.94. The first-order valence-corrected chi connectivity index (χ1v) is 10.3. The summed E-state index contributed by atoms with van der Waals surface area (Å²) in [4.78, 5) is 52.8. The molecule has 8 heteroatoms. The van der Waals surface area contributed by atoms with Gasteiger partial charge in [0.15, 0.2) is 0 Å². The highest BCUT2D eigenvalue weighted by Gasteiger charge is 2.47. The summed E-state index contributed by atoms with van der Waals surface area (Å²) in [7, 11) is 3.99. The third kappa shape index (κ3) is 2.63. The van der Waals surface area contributed by atoms with E-state index in [1.165, 1.54) is 0 Å². The van der Waals surface area contributed by atoms with Crippen LogP contribution in [0.25, 0.3) is 0 Å². The molecule has 2 aliphatic carbocycles. The molecule has 1 aromatic rings. The molecule has 2 N–H and O–H groups in total. The highest BCUT2D eigenvalue weighted by atomic mass is 16.2. The van der Waals surface area contributed by atoms with Crippen LogP contribution in [-0.4, -0.2) is 60.7 Å². The van der Waals surface area contributed by atoms with Gasteiger partial charge in [0.2, 0.25) is 11.8 Å². The minimum absolute atomic E-state index is 0.112. The summed E-state index contributed by atoms with van der Waals surface area (Å²) < 4.78 is 0. The SMILES string of the molecule is CNC1C2C=CC(C2)[C@@H]1N(C)c1ccc2c(c1)C(=O)N(C1CCC(=O)NC1=O)C2=O. The lowest BCUT2D eigenvalue weighted by Crippen LogP contribution is -2.54. The minimum Gasteiger partial charge on any atom is -0.369 e. The van der Waals surface area contributed by atoms with E-state index in [9.17, 15) is 19.2 Å². The number of carbonyl (C=O) groups is 4. The molecule has 1 aromatic carbocycles. The number of imide groups is 2. The number of nitrogens with one attached hydrogen (secondary N) is 2. The van der Waals surface area contributed by atoms with Crippen LogP contribution >= 0.6 is 0 Å². The summed E-state index contributed by atoms with van der Waals surface area (Å²) in [5, 5.41) is 5.65. The van der Waals surface area contributed by atoms with Crippen LogP contribution in [0.4, 0.5) is 5.69 Å². The number of anilines is 1. The molecule has 2 fully saturated rings. The third-order valence-corrected chi connectivity index (χ3v) is 7.03. The van der Waals surface area contributed by atoms with Gasteiger partial charge in [-0.2, -0.15) is 0 Å². The Hall–Kier alpha value is -3.00. The van der Waals surface area contributed by atoms with Gasteiger partial charge in [-0.15, -0.1) is 0 Å². The van der Waals surface area contributed by atoms with Crippen molar-refractivity contribution in [3.8, 4) is 0 Å². The number of fused-ring (bicyclic) bond motifs is 3. The topological polar surface area (TPSA) is 98.8 Å². The van der Waals surface area contributed by atoms with Gasteiger partial charge in [0, 0.05) is 25.2 Å². The van der Waals surface area contributed by atoms with Crippen LogP contribution in [-0.2, 0) is 9.59 Å². The second-order valence-corrected chi connectivity index (χ2v) is 8.54. The van der Waals surface area contributed by atoms with Crippen LogP contribution < -0.4 is 15.5 Å². The lowest BCUT2D eigenvalue weighted by molar-refractivity contribution is -0.136. The number of carbonyl (C=O) groups excluding carboxylic acids is 4. The first-order chi connectivity index (χ1) is 14.4. The van der Waals surface area contributed by atoms with Gasteiger partial charge in [0.05, 0.1) is 17.2 Å². The van der Waals surface area contributed by atoms with E-state index in [-0.39, 0.29) is 24.8 Å². The van der Waals surface area contributed by atoms with Crippen LogP contribution in [0.5, 0.6) is 0 Å². The molecule has 8 nitrogen and oxygen atoms in total. The number of benzene rings is 1. The van der Waals surface area contributed by atoms with E-state index in [2.05, 4.69) is 27.7 Å². The number of hydrogen-bond donors (Lipinski definition) is 2. The van der Waals surface area contributed by atoms with E-state index in [1.54, 1.807) is 12.1 Å². The van der Waals surface area contributed by atoms with Crippen molar-refractivity contribution >= 4 is 29.3 Å². The van der Waals surface area contributed by atoms with Crippen molar-refractivity contribution in [2.45, 2.75) is 37.4 Å². The van der Waals surface area contributed by atoms with Crippen molar-refractivity contribution in [2.24, 2.45) is 11.8 Å². The van der Waals surface area contributed by atoms with Gasteiger partial charge in [-0.1, -0.05) is 12.2 Å². The Labute approximate surface area is 174 Å². The Morgan fingerprint density at radius 2 is 1.80 bits per heavy atom. The predicted octanol–water partition coefficient (Wildman–Crippen LogP) is 0.686. The number of likely N-dealkylation sites (N-methyl/N-ethyl adjacent to an activating group) is 2. The number of hydrogen-bond acceptors (Lipinski definition) is 6. The zero-order valence-corrected chi connectivity index (χ0v) is 16.9. The van der Waals surface area contributed by atoms with Crippen LogP contribution in [0.2, 0.25) is 0 Å². The summed E-state index contributed by atoms with van der Waals surface area (Å²) in [6.45, 7) is 0. The highest BCUT2D eigenvalue weighted by Crippen LogP contribution is 2.43. The molecule has 0 radical (unpaired) electrons. The van der Waals surface area contributed by atoms with E-state index >= 15 is 0 Å². The summed E-state index contributed by atoms with van der Waals surface area (Å²) in [5.74, 6) is -0.969. The molecular formula is C22H24N4O4. The summed E-state index contributed by atoms with van der Waals surface area (Å²) in [5.41, 5.74) is 1.49. The lowest BCUT2D eigenvalue weighted by Gasteiger charge is -2.37. The Kier molecular flexibility index (Phi) is 4.28. The Bertz CT molecular complexity index is 1000. The molecule has 1 saturated carbocycles. The molecule has 2 bridgehead atoms. The van der Waals surface area contributed by atoms with E-state index in [0.29, 0.717) is 29.0 Å². The summed E-state index contributed by atoms with van der Waals surface area (Å²) >= 11 is 0. The molecule has 1 saturated heterocycles. The molecule has 2 heterocycles. The molecule has 2 aliphatic heterocycles. The molecule has 4 aliphatic rings. The minimum atomic E-state index is -0.944. The van der Waals surface area contributed by atoms with Gasteiger partial charge in [0.25, 0.3) is 11.8 Å². The molecular weight excluding hydrogens is 384 g/mol. The predicted molar refractivity (Wildman–Crippen MR) is 109 cm³/mol. The molecule has 5 rings (SSSR count). The first-order valence-electron chi connectivity index (χ1n) is 10.3. The summed E-state index contributed by atoms with van der Waals surface area (Å²) in [6, 6.07) is 4.94. The van der Waals surface area contributed by atoms with Crippen LogP contribution in [0, 0.1) is 11.8 Å². The number of amides is 4. The summed E-state index contributed by atoms with van der Waals surface area (Å²) in [6.07, 6.45) is 5.93. The molecule has 0 spiro atoms. The van der Waals surface area contributed by atoms with E-state index in [4.69, 9.17) is 0 Å². The molecule has 5 atom stereocenters. The van der Waals surface area contributed by atoms with Crippen LogP contribution in [0.3, 0.4) is 0 Å². The van der Waals surface area contributed by atoms with Crippen molar-refractivity contribution in [3.63, 3.8) is 0 Å². The largest absolute Gasteiger partial charge is 0.369 e. The van der Waals surface area contributed by atoms with Crippen LogP contribution in [0.1, 0.15) is 40.0 Å². The van der Waals surface area contributed by atoms with Crippen molar-refractivity contribution < 1.29 is 19.2 Å². The fourth-order valence-corrected chi connectivity index (χ4v) is 5.56. The quantitative estimate of drug-likeness (QED) is 0.562. The Balaban J connectivity index is 1.43. The highest BCUT2D eigenvalue weighted by molar-refractivity contribution is 6.23. The first kappa shape index (κ1) is 19.0. The van der Waals surface area contributed by atoms with Crippen molar-refractivity contribution in [2.75, 3.05) is 19.0 Å². The average Bonchev–Trinajstić information content (AvgIpc) is 3.41. The van der Waals surface area contributed by atoms with Gasteiger partial charge >= 0.3 is 0 Å². The molecule has 156 valence electrons. The molecule has 0 aromatic heterocycles. The van der Waals surface area contributed by atoms with Gasteiger partial charge < -0.3 is 10.2 Å². The maximum absolute atomic E-state index is 13.1. The maximum Gasteiger partial charge on any atom is 0.262 e. The van der Waals surface area contributed by atoms with Gasteiger partial charge in [-0.25, -0.2) is 0 Å². The monoisotopic (exact) mass is 408 g/mol. The zero-order valence-electron chi connectivity index (χ0n) is 16.9. The van der Waals surface area contributed by atoms with Gasteiger partial charge in [0.1, 0.15) is 6.04 Å². The van der Waals surface area contributed by atoms with Gasteiger partial charge in [-0.05, 0) is 49.9 Å². The smallest absolute Gasteiger partial charge is 0.262 e. The Morgan fingerprint density at radius 3 is 2.53 bits per heavy atom. The number of piperidine rings is 1. The fraction of sp³-hybridized carbons (Fsp3) is 0.455. The van der Waals surface area contributed by atoms with E-state index < -0.39 is 23.8 Å². The third-order valence-electron chi connectivity index (χ3n) is 7.03. The fourth-order valence-electron chi connectivity index (χ4n) is 5.56. The maximum atomic E-state index is 13.1. The Morgan fingerprint density at radius 1 is 1.07 bits per heavy atom. The molecule has 4 amide bonds. The standard InChI is InChI=1S/C22H24N4O4/c1-23-18-11-3-4-12(9-11)19(18)25(2)13-5-6-14-15(10-13)22(30)26(21(14)29)16-7-8-17(27)24-20(16)28/h3-6,10-12,16,18-19,23H,7-9H2,1-2H3,(H,24,27,28)/t11?,12?,16?,18?,19-/m0/s1. The van der Waals surface area contributed by atoms with Gasteiger partial charge in [-0.3, -0.25) is 29.4 Å².